The summed E-state index contributed by atoms with van der Waals surface area (Å²) in [6, 6.07) is 0. The topological polar surface area (TPSA) is 157 Å². The molecule has 5 fully saturated rings. The molecular weight excluding hydrogens is 524 g/mol. The van der Waals surface area contributed by atoms with Crippen LogP contribution in [-0.4, -0.2) is 107 Å². The van der Waals surface area contributed by atoms with Crippen molar-refractivity contribution in [1.82, 2.24) is 0 Å². The third kappa shape index (κ3) is 4.11. The Labute approximate surface area is 234 Å². The molecule has 0 aromatic carbocycles. The van der Waals surface area contributed by atoms with Crippen molar-refractivity contribution < 1.29 is 53.3 Å². The number of cyclic esters (lactones) is 1. The average molecular weight is 567 g/mol. The highest BCUT2D eigenvalue weighted by molar-refractivity contribution is 5.79. The van der Waals surface area contributed by atoms with Crippen molar-refractivity contribution in [2.45, 2.75) is 126 Å². The SMILES string of the molecule is CC1=C[C@H]2O[C@@H]3C[C@H]4OC(=O)CCCCC(C(C)O)OCC(O)C5(C)OC5C(=O)OC[C@@]2(C[C@H]1O)[C@]4(C)[C@@]31CO1. The Kier molecular flexibility index (Phi) is 6.93. The van der Waals surface area contributed by atoms with Gasteiger partial charge in [0.15, 0.2) is 6.10 Å². The first-order valence-corrected chi connectivity index (χ1v) is 14.6. The molecule has 11 heteroatoms. The van der Waals surface area contributed by atoms with Crippen molar-refractivity contribution in [3.8, 4) is 0 Å². The monoisotopic (exact) mass is 566 g/mol. The van der Waals surface area contributed by atoms with E-state index >= 15 is 0 Å². The first kappa shape index (κ1) is 28.5. The maximum atomic E-state index is 13.3. The molecule has 4 heterocycles. The van der Waals surface area contributed by atoms with Crippen LogP contribution < -0.4 is 0 Å². The zero-order chi connectivity index (χ0) is 28.7. The van der Waals surface area contributed by atoms with Crippen molar-refractivity contribution in [2.24, 2.45) is 10.8 Å². The highest BCUT2D eigenvalue weighted by atomic mass is 16.7. The van der Waals surface area contributed by atoms with Gasteiger partial charge in [0.25, 0.3) is 0 Å². The van der Waals surface area contributed by atoms with Gasteiger partial charge >= 0.3 is 11.9 Å². The van der Waals surface area contributed by atoms with Crippen molar-refractivity contribution in [1.29, 1.82) is 0 Å². The lowest BCUT2D eigenvalue weighted by Crippen LogP contribution is -2.68. The van der Waals surface area contributed by atoms with Crippen LogP contribution in [0.1, 0.15) is 66.2 Å². The summed E-state index contributed by atoms with van der Waals surface area (Å²) in [5.41, 5.74) is -2.84. The number of hydrogen-bond acceptors (Lipinski definition) is 11. The fourth-order valence-corrected chi connectivity index (χ4v) is 7.85. The van der Waals surface area contributed by atoms with Crippen LogP contribution in [0.2, 0.25) is 0 Å². The lowest BCUT2D eigenvalue weighted by molar-refractivity contribution is -0.240. The maximum Gasteiger partial charge on any atom is 0.338 e. The molecule has 4 aliphatic heterocycles. The number of fused-ring (bicyclic) bond motifs is 1. The van der Waals surface area contributed by atoms with Crippen molar-refractivity contribution in [3.05, 3.63) is 11.6 Å². The molecule has 0 aromatic rings. The summed E-state index contributed by atoms with van der Waals surface area (Å²) in [4.78, 5) is 26.4. The van der Waals surface area contributed by atoms with Crippen LogP contribution in [0.3, 0.4) is 0 Å². The highest BCUT2D eigenvalue weighted by Crippen LogP contribution is 2.72. The largest absolute Gasteiger partial charge is 0.463 e. The number of hydrogen-bond donors (Lipinski definition) is 3. The zero-order valence-electron chi connectivity index (χ0n) is 23.7. The fourth-order valence-electron chi connectivity index (χ4n) is 7.85. The van der Waals surface area contributed by atoms with Crippen LogP contribution in [0.15, 0.2) is 11.6 Å². The van der Waals surface area contributed by atoms with Gasteiger partial charge in [0.1, 0.15) is 30.0 Å². The van der Waals surface area contributed by atoms with Gasteiger partial charge in [-0.2, -0.15) is 0 Å². The smallest absolute Gasteiger partial charge is 0.338 e. The summed E-state index contributed by atoms with van der Waals surface area (Å²) in [6.07, 6.45) is -1.12. The molecule has 0 aromatic heterocycles. The van der Waals surface area contributed by atoms with E-state index in [1.54, 1.807) is 13.8 Å². The Morgan fingerprint density at radius 3 is 2.55 bits per heavy atom. The molecule has 6 rings (SSSR count). The van der Waals surface area contributed by atoms with E-state index in [4.69, 9.17) is 28.4 Å². The van der Waals surface area contributed by atoms with Gasteiger partial charge in [0.05, 0.1) is 49.1 Å². The van der Waals surface area contributed by atoms with Gasteiger partial charge < -0.3 is 43.7 Å². The number of esters is 2. The van der Waals surface area contributed by atoms with E-state index in [-0.39, 0.29) is 38.1 Å². The normalized spacial score (nSPS) is 51.8. The van der Waals surface area contributed by atoms with Crippen LogP contribution in [-0.2, 0) is 38.0 Å². The van der Waals surface area contributed by atoms with Crippen LogP contribution in [0.4, 0.5) is 0 Å². The van der Waals surface area contributed by atoms with Gasteiger partial charge in [-0.15, -0.1) is 0 Å². The average Bonchev–Trinajstić information content (AvgIpc) is 3.81. The van der Waals surface area contributed by atoms with E-state index < -0.39 is 70.7 Å². The van der Waals surface area contributed by atoms with Gasteiger partial charge in [0.2, 0.25) is 0 Å². The van der Waals surface area contributed by atoms with Gasteiger partial charge in [-0.3, -0.25) is 4.79 Å². The summed E-state index contributed by atoms with van der Waals surface area (Å²) >= 11 is 0. The Hall–Kier alpha value is -1.60. The molecule has 2 bridgehead atoms. The standard InChI is InChI=1S/C29H42O11/c1-15-9-21-28(11-17(15)31)13-36-25(34)24-26(3,40-24)19(32)12-35-18(16(2)30)7-5-6-8-23(33)39-20-10-22(38-21)29(14-37-29)27(20,28)4/h9,16-22,24,30-32H,5-8,10-14H2,1-4H3/t16?,17-,18?,19?,20-,21-,22-,24?,26?,27-,28-,29-/m1/s1. The minimum absolute atomic E-state index is 0.105. The van der Waals surface area contributed by atoms with Crippen LogP contribution in [0.5, 0.6) is 0 Å². The minimum atomic E-state index is -1.18. The van der Waals surface area contributed by atoms with E-state index in [2.05, 4.69) is 0 Å². The van der Waals surface area contributed by atoms with E-state index in [9.17, 15) is 24.9 Å². The predicted molar refractivity (Wildman–Crippen MR) is 137 cm³/mol. The van der Waals surface area contributed by atoms with Crippen LogP contribution in [0.25, 0.3) is 0 Å². The summed E-state index contributed by atoms with van der Waals surface area (Å²) in [6.45, 7) is 7.32. The molecule has 40 heavy (non-hydrogen) atoms. The number of epoxide rings is 2. The number of aliphatic hydroxyl groups excluding tert-OH is 3. The lowest BCUT2D eigenvalue weighted by atomic mass is 9.51. The summed E-state index contributed by atoms with van der Waals surface area (Å²) in [5.74, 6) is -0.971. The zero-order valence-corrected chi connectivity index (χ0v) is 23.7. The Bertz CT molecular complexity index is 1070. The van der Waals surface area contributed by atoms with Gasteiger partial charge in [-0.25, -0.2) is 4.79 Å². The molecule has 3 N–H and O–H groups in total. The quantitative estimate of drug-likeness (QED) is 0.236. The van der Waals surface area contributed by atoms with Crippen LogP contribution in [0, 0.1) is 10.8 Å². The summed E-state index contributed by atoms with van der Waals surface area (Å²) < 4.78 is 36.3. The number of carbonyl (C=O) groups is 2. The fraction of sp³-hybridized carbons (Fsp3) is 0.862. The number of rotatable bonds is 1. The molecule has 12 atom stereocenters. The second-order valence-electron chi connectivity index (χ2n) is 13.1. The maximum absolute atomic E-state index is 13.3. The van der Waals surface area contributed by atoms with E-state index in [1.165, 1.54) is 0 Å². The third-order valence-corrected chi connectivity index (χ3v) is 10.9. The van der Waals surface area contributed by atoms with Crippen LogP contribution >= 0.6 is 0 Å². The summed E-state index contributed by atoms with van der Waals surface area (Å²) in [7, 11) is 0. The number of carbonyl (C=O) groups excluding carboxylic acids is 2. The first-order chi connectivity index (χ1) is 18.9. The Morgan fingerprint density at radius 2 is 1.85 bits per heavy atom. The van der Waals surface area contributed by atoms with Crippen molar-refractivity contribution >= 4 is 11.9 Å². The van der Waals surface area contributed by atoms with Crippen molar-refractivity contribution in [3.63, 3.8) is 0 Å². The van der Waals surface area contributed by atoms with Gasteiger partial charge in [-0.1, -0.05) is 19.4 Å². The second-order valence-corrected chi connectivity index (χ2v) is 13.1. The molecular formula is C29H42O11. The predicted octanol–water partition coefficient (Wildman–Crippen LogP) is 0.944. The first-order valence-electron chi connectivity index (χ1n) is 14.6. The van der Waals surface area contributed by atoms with E-state index in [0.29, 0.717) is 32.3 Å². The summed E-state index contributed by atoms with van der Waals surface area (Å²) in [5, 5.41) is 32.1. The molecule has 5 unspecified atom stereocenters. The molecule has 1 saturated carbocycles. The third-order valence-electron chi connectivity index (χ3n) is 10.9. The molecule has 0 radical (unpaired) electrons. The second kappa shape index (κ2) is 9.72. The molecule has 224 valence electrons. The number of ether oxygens (including phenoxy) is 6. The minimum Gasteiger partial charge on any atom is -0.463 e. The Morgan fingerprint density at radius 1 is 1.10 bits per heavy atom. The van der Waals surface area contributed by atoms with Gasteiger partial charge in [0, 0.05) is 18.3 Å². The van der Waals surface area contributed by atoms with E-state index in [0.717, 1.165) is 5.57 Å². The lowest BCUT2D eigenvalue weighted by Gasteiger charge is -2.58. The molecule has 6 aliphatic rings. The number of aliphatic hydroxyl groups is 3. The molecule has 2 aliphatic carbocycles. The van der Waals surface area contributed by atoms with Gasteiger partial charge in [-0.05, 0) is 45.6 Å². The van der Waals surface area contributed by atoms with Crippen molar-refractivity contribution in [2.75, 3.05) is 19.8 Å². The molecule has 2 spiro atoms. The molecule has 11 nitrogen and oxygen atoms in total. The highest BCUT2D eigenvalue weighted by Gasteiger charge is 2.83. The molecule has 0 amide bonds. The van der Waals surface area contributed by atoms with E-state index in [1.807, 2.05) is 19.9 Å². The Balaban J connectivity index is 1.33. The molecule has 4 saturated heterocycles.